The molecule has 0 heterocycles. The molecule has 0 aromatic rings. The van der Waals surface area contributed by atoms with Crippen molar-refractivity contribution in [1.29, 1.82) is 0 Å². The third-order valence-corrected chi connectivity index (χ3v) is 10.9. The van der Waals surface area contributed by atoms with Gasteiger partial charge in [0.25, 0.3) is 7.82 Å². The van der Waals surface area contributed by atoms with Crippen molar-refractivity contribution < 1.29 is 32.9 Å². The van der Waals surface area contributed by atoms with Crippen LogP contribution in [0.1, 0.15) is 200 Å². The molecule has 1 unspecified atom stereocenters. The number of amides is 1. The molecular weight excluding hydrogens is 683 g/mol. The number of nitrogens with one attached hydrogen (secondary N) is 1. The average Bonchev–Trinajstić information content (AvgIpc) is 3.10. The minimum atomic E-state index is -4.59. The van der Waals surface area contributed by atoms with Crippen LogP contribution in [0.25, 0.3) is 0 Å². The predicted octanol–water partition coefficient (Wildman–Crippen LogP) is 11.5. The Labute approximate surface area is 328 Å². The standard InChI is InChI=1S/C44H87N2O6P/c1-6-8-10-12-14-16-18-20-22-24-26-28-30-32-34-36-38-44(48)45-42(41-52-53(49,50)51-40-39-46(3,4)5)43(47)37-35-33-31-29-27-25-23-21-19-17-15-13-11-9-7-2/h27,29,35,37,42-43,47H,6-26,28,30-34,36,38-41H2,1-5H3,(H-,45,48,49,50)/b29-27+,37-35+/t42-,43+/m0/s1. The number of phosphoric acid groups is 1. The van der Waals surface area contributed by atoms with Crippen LogP contribution < -0.4 is 10.2 Å². The van der Waals surface area contributed by atoms with Crippen LogP contribution in [0.2, 0.25) is 0 Å². The number of hydrogen-bond donors (Lipinski definition) is 2. The second-order valence-electron chi connectivity index (χ2n) is 16.4. The average molecular weight is 771 g/mol. The number of quaternary nitrogens is 1. The molecule has 0 radical (unpaired) electrons. The van der Waals surface area contributed by atoms with Crippen molar-refractivity contribution in [3.63, 3.8) is 0 Å². The number of likely N-dealkylation sites (N-methyl/N-ethyl adjacent to an activating group) is 1. The summed E-state index contributed by atoms with van der Waals surface area (Å²) in [5.41, 5.74) is 0. The van der Waals surface area contributed by atoms with Crippen molar-refractivity contribution in [3.05, 3.63) is 24.3 Å². The number of allylic oxidation sites excluding steroid dienone is 3. The van der Waals surface area contributed by atoms with Gasteiger partial charge in [-0.2, -0.15) is 0 Å². The second kappa shape index (κ2) is 36.6. The summed E-state index contributed by atoms with van der Waals surface area (Å²) in [5, 5.41) is 13.7. The highest BCUT2D eigenvalue weighted by molar-refractivity contribution is 7.45. The fraction of sp³-hybridized carbons (Fsp3) is 0.886. The van der Waals surface area contributed by atoms with Gasteiger partial charge in [-0.1, -0.05) is 186 Å². The Kier molecular flexibility index (Phi) is 35.9. The zero-order valence-electron chi connectivity index (χ0n) is 35.5. The smallest absolute Gasteiger partial charge is 0.268 e. The summed E-state index contributed by atoms with van der Waals surface area (Å²) in [4.78, 5) is 25.3. The van der Waals surface area contributed by atoms with Crippen LogP contribution in [0.15, 0.2) is 24.3 Å². The number of unbranched alkanes of at least 4 members (excludes halogenated alkanes) is 25. The van der Waals surface area contributed by atoms with Crippen molar-refractivity contribution in [2.45, 2.75) is 212 Å². The van der Waals surface area contributed by atoms with E-state index in [9.17, 15) is 19.4 Å². The van der Waals surface area contributed by atoms with Gasteiger partial charge >= 0.3 is 0 Å². The Morgan fingerprint density at radius 3 is 1.53 bits per heavy atom. The highest BCUT2D eigenvalue weighted by Crippen LogP contribution is 2.38. The number of hydrogen-bond acceptors (Lipinski definition) is 6. The summed E-state index contributed by atoms with van der Waals surface area (Å²) in [6.07, 6.45) is 42.2. The molecule has 0 spiro atoms. The first-order valence-electron chi connectivity index (χ1n) is 22.2. The van der Waals surface area contributed by atoms with Crippen LogP contribution >= 0.6 is 7.82 Å². The molecule has 0 saturated heterocycles. The lowest BCUT2D eigenvalue weighted by atomic mass is 10.0. The molecule has 0 rings (SSSR count). The summed E-state index contributed by atoms with van der Waals surface area (Å²) in [5.74, 6) is -0.206. The fourth-order valence-corrected chi connectivity index (χ4v) is 7.07. The van der Waals surface area contributed by atoms with Gasteiger partial charge in [0.1, 0.15) is 13.2 Å². The van der Waals surface area contributed by atoms with E-state index in [0.29, 0.717) is 17.4 Å². The van der Waals surface area contributed by atoms with Gasteiger partial charge in [-0.05, 0) is 32.1 Å². The molecule has 0 bridgehead atoms. The second-order valence-corrected chi connectivity index (χ2v) is 17.8. The van der Waals surface area contributed by atoms with E-state index in [1.807, 2.05) is 27.2 Å². The van der Waals surface area contributed by atoms with E-state index in [2.05, 4.69) is 31.3 Å². The Morgan fingerprint density at radius 1 is 0.642 bits per heavy atom. The molecule has 1 amide bonds. The van der Waals surface area contributed by atoms with E-state index >= 15 is 0 Å². The zero-order valence-corrected chi connectivity index (χ0v) is 36.4. The molecule has 0 aliphatic carbocycles. The number of carbonyl (C=O) groups is 1. The molecule has 53 heavy (non-hydrogen) atoms. The molecule has 8 nitrogen and oxygen atoms in total. The summed E-state index contributed by atoms with van der Waals surface area (Å²) in [6, 6.07) is -0.897. The van der Waals surface area contributed by atoms with Gasteiger partial charge in [0.05, 0.1) is 39.9 Å². The normalized spacial score (nSPS) is 14.6. The molecule has 0 aliphatic rings. The molecule has 3 atom stereocenters. The lowest BCUT2D eigenvalue weighted by Gasteiger charge is -2.29. The van der Waals surface area contributed by atoms with Crippen LogP contribution in [0.3, 0.4) is 0 Å². The number of nitrogens with zero attached hydrogens (tertiary/aromatic N) is 1. The van der Waals surface area contributed by atoms with Gasteiger partial charge in [-0.15, -0.1) is 0 Å². The number of rotatable bonds is 40. The maximum absolute atomic E-state index is 12.8. The molecule has 0 fully saturated rings. The number of aliphatic hydroxyl groups excluding tert-OH is 1. The topological polar surface area (TPSA) is 108 Å². The van der Waals surface area contributed by atoms with E-state index in [1.54, 1.807) is 6.08 Å². The molecule has 0 aliphatic heterocycles. The minimum absolute atomic E-state index is 0.00431. The molecule has 0 aromatic heterocycles. The third kappa shape index (κ3) is 39.0. The SMILES string of the molecule is CCCCCCCCCCC/C=C/CC/C=C/[C@@H](O)[C@H](COP(=O)([O-])OCC[N+](C)(C)C)NC(=O)CCCCCCCCCCCCCCCCCC. The Bertz CT molecular complexity index is 922. The Morgan fingerprint density at radius 2 is 1.06 bits per heavy atom. The Balaban J connectivity index is 4.46. The van der Waals surface area contributed by atoms with E-state index in [4.69, 9.17) is 9.05 Å². The first-order valence-corrected chi connectivity index (χ1v) is 23.7. The van der Waals surface area contributed by atoms with E-state index in [-0.39, 0.29) is 19.1 Å². The number of carbonyl (C=O) groups excluding carboxylic acids is 1. The fourth-order valence-electron chi connectivity index (χ4n) is 6.34. The molecule has 0 saturated carbocycles. The van der Waals surface area contributed by atoms with Crippen molar-refractivity contribution in [3.8, 4) is 0 Å². The molecule has 0 aromatic carbocycles. The first kappa shape index (κ1) is 52.0. The van der Waals surface area contributed by atoms with Crippen LogP contribution in [0, 0.1) is 0 Å². The lowest BCUT2D eigenvalue weighted by Crippen LogP contribution is -2.45. The van der Waals surface area contributed by atoms with Crippen molar-refractivity contribution in [1.82, 2.24) is 5.32 Å². The van der Waals surface area contributed by atoms with Gasteiger partial charge in [0.15, 0.2) is 0 Å². The van der Waals surface area contributed by atoms with Crippen molar-refractivity contribution >= 4 is 13.7 Å². The van der Waals surface area contributed by atoms with Crippen LogP contribution in [-0.4, -0.2) is 68.5 Å². The lowest BCUT2D eigenvalue weighted by molar-refractivity contribution is -0.870. The van der Waals surface area contributed by atoms with Crippen molar-refractivity contribution in [2.75, 3.05) is 40.9 Å². The highest BCUT2D eigenvalue weighted by atomic mass is 31.2. The van der Waals surface area contributed by atoms with Gasteiger partial charge in [0, 0.05) is 6.42 Å². The van der Waals surface area contributed by atoms with Crippen LogP contribution in [0.5, 0.6) is 0 Å². The molecule has 9 heteroatoms. The molecule has 2 N–H and O–H groups in total. The predicted molar refractivity (Wildman–Crippen MR) is 224 cm³/mol. The zero-order chi connectivity index (χ0) is 39.3. The minimum Gasteiger partial charge on any atom is -0.756 e. The monoisotopic (exact) mass is 771 g/mol. The maximum Gasteiger partial charge on any atom is 0.268 e. The van der Waals surface area contributed by atoms with Gasteiger partial charge < -0.3 is 28.8 Å². The molecular formula is C44H87N2O6P. The maximum atomic E-state index is 12.8. The van der Waals surface area contributed by atoms with Crippen molar-refractivity contribution in [2.24, 2.45) is 0 Å². The van der Waals surface area contributed by atoms with Gasteiger partial charge in [-0.3, -0.25) is 9.36 Å². The van der Waals surface area contributed by atoms with Crippen LogP contribution in [-0.2, 0) is 18.4 Å². The third-order valence-electron chi connectivity index (χ3n) is 9.91. The summed E-state index contributed by atoms with van der Waals surface area (Å²) < 4.78 is 23.2. The van der Waals surface area contributed by atoms with E-state index in [1.165, 1.54) is 141 Å². The summed E-state index contributed by atoms with van der Waals surface area (Å²) in [7, 11) is 1.25. The summed E-state index contributed by atoms with van der Waals surface area (Å²) in [6.45, 7) is 4.63. The Hall–Kier alpha value is -1.02. The quantitative estimate of drug-likeness (QED) is 0.0278. The number of phosphoric ester groups is 1. The molecule has 314 valence electrons. The van der Waals surface area contributed by atoms with E-state index in [0.717, 1.165) is 38.5 Å². The number of aliphatic hydroxyl groups is 1. The van der Waals surface area contributed by atoms with Crippen LogP contribution in [0.4, 0.5) is 0 Å². The van der Waals surface area contributed by atoms with Gasteiger partial charge in [-0.25, -0.2) is 0 Å². The first-order chi connectivity index (χ1) is 25.5. The summed E-state index contributed by atoms with van der Waals surface area (Å²) >= 11 is 0. The van der Waals surface area contributed by atoms with Gasteiger partial charge in [0.2, 0.25) is 5.91 Å². The van der Waals surface area contributed by atoms with E-state index < -0.39 is 20.0 Å². The highest BCUT2D eigenvalue weighted by Gasteiger charge is 2.23. The largest absolute Gasteiger partial charge is 0.756 e.